The molecule has 150 valence electrons. The minimum atomic E-state index is -0.536. The molecule has 2 rings (SSSR count). The maximum Gasteiger partial charge on any atom is 0.255 e. The van der Waals surface area contributed by atoms with Crippen molar-refractivity contribution in [3.8, 4) is 11.5 Å². The van der Waals surface area contributed by atoms with Gasteiger partial charge < -0.3 is 20.1 Å². The summed E-state index contributed by atoms with van der Waals surface area (Å²) in [5.74, 6) is 0.711. The van der Waals surface area contributed by atoms with Crippen molar-refractivity contribution in [1.82, 2.24) is 4.90 Å². The smallest absolute Gasteiger partial charge is 0.255 e. The van der Waals surface area contributed by atoms with Crippen LogP contribution < -0.4 is 15.2 Å². The van der Waals surface area contributed by atoms with E-state index < -0.39 is 5.91 Å². The molecule has 0 spiro atoms. The van der Waals surface area contributed by atoms with E-state index >= 15 is 0 Å². The van der Waals surface area contributed by atoms with Crippen molar-refractivity contribution in [1.29, 1.82) is 0 Å². The number of rotatable bonds is 10. The maximum atomic E-state index is 12.8. The maximum absolute atomic E-state index is 12.8. The first-order valence-corrected chi connectivity index (χ1v) is 9.92. The van der Waals surface area contributed by atoms with Crippen LogP contribution in [0.25, 0.3) is 0 Å². The Balaban J connectivity index is 2.14. The third-order valence-corrected chi connectivity index (χ3v) is 5.03. The summed E-state index contributed by atoms with van der Waals surface area (Å²) < 4.78 is 10.8. The van der Waals surface area contributed by atoms with Crippen molar-refractivity contribution in [2.75, 3.05) is 13.7 Å². The Morgan fingerprint density at radius 2 is 1.93 bits per heavy atom. The molecule has 0 bridgehead atoms. The zero-order valence-electron chi connectivity index (χ0n) is 16.5. The monoisotopic (exact) mass is 376 g/mol. The van der Waals surface area contributed by atoms with E-state index in [1.54, 1.807) is 13.2 Å². The molecule has 0 unspecified atom stereocenters. The number of nitrogens with zero attached hydrogens (tertiary/aromatic N) is 1. The zero-order chi connectivity index (χ0) is 19.6. The lowest BCUT2D eigenvalue weighted by atomic mass is 9.93. The van der Waals surface area contributed by atoms with Gasteiger partial charge in [0.2, 0.25) is 5.91 Å². The normalized spacial score (nSPS) is 14.6. The first-order valence-electron chi connectivity index (χ1n) is 9.92. The standard InChI is InChI=1S/C21H32N2O4/c1-3-4-10-21(25)23(17-8-6-5-7-9-17)14-16-11-12-18(19(13-16)26-2)27-15-20(22)24/h11-13,17H,3-10,14-15H2,1-2H3,(H2,22,24). The van der Waals surface area contributed by atoms with Crippen LogP contribution in [0.15, 0.2) is 18.2 Å². The number of hydrogen-bond donors (Lipinski definition) is 1. The van der Waals surface area contributed by atoms with Crippen LogP contribution >= 0.6 is 0 Å². The van der Waals surface area contributed by atoms with E-state index in [9.17, 15) is 9.59 Å². The van der Waals surface area contributed by atoms with Gasteiger partial charge in [0.1, 0.15) is 0 Å². The van der Waals surface area contributed by atoms with E-state index in [0.717, 1.165) is 31.2 Å². The molecule has 0 aromatic heterocycles. The summed E-state index contributed by atoms with van der Waals surface area (Å²) in [6, 6.07) is 5.88. The van der Waals surface area contributed by atoms with Crippen molar-refractivity contribution in [2.45, 2.75) is 70.9 Å². The molecular formula is C21H32N2O4. The van der Waals surface area contributed by atoms with E-state index in [4.69, 9.17) is 15.2 Å². The third-order valence-electron chi connectivity index (χ3n) is 5.03. The number of unbranched alkanes of at least 4 members (excludes halogenated alkanes) is 1. The van der Waals surface area contributed by atoms with Gasteiger partial charge in [-0.15, -0.1) is 0 Å². The summed E-state index contributed by atoms with van der Waals surface area (Å²) in [6.07, 6.45) is 8.33. The molecule has 0 heterocycles. The molecule has 1 aromatic carbocycles. The minimum Gasteiger partial charge on any atom is -0.493 e. The van der Waals surface area contributed by atoms with Crippen molar-refractivity contribution in [2.24, 2.45) is 5.73 Å². The summed E-state index contributed by atoms with van der Waals surface area (Å²) >= 11 is 0. The summed E-state index contributed by atoms with van der Waals surface area (Å²) in [4.78, 5) is 25.8. The molecule has 0 radical (unpaired) electrons. The lowest BCUT2D eigenvalue weighted by molar-refractivity contribution is -0.135. The molecule has 1 fully saturated rings. The highest BCUT2D eigenvalue weighted by Crippen LogP contribution is 2.30. The quantitative estimate of drug-likeness (QED) is 0.678. The fourth-order valence-corrected chi connectivity index (χ4v) is 3.56. The van der Waals surface area contributed by atoms with Gasteiger partial charge in [-0.25, -0.2) is 0 Å². The summed E-state index contributed by atoms with van der Waals surface area (Å²) in [5, 5.41) is 0. The second-order valence-electron chi connectivity index (χ2n) is 7.16. The summed E-state index contributed by atoms with van der Waals surface area (Å²) in [5.41, 5.74) is 6.13. The van der Waals surface area contributed by atoms with Gasteiger partial charge in [0.15, 0.2) is 18.1 Å². The van der Waals surface area contributed by atoms with Gasteiger partial charge in [-0.3, -0.25) is 9.59 Å². The Morgan fingerprint density at radius 1 is 1.19 bits per heavy atom. The topological polar surface area (TPSA) is 81.9 Å². The molecule has 1 aliphatic carbocycles. The number of carbonyl (C=O) groups excluding carboxylic acids is 2. The highest BCUT2D eigenvalue weighted by atomic mass is 16.5. The Morgan fingerprint density at radius 3 is 2.56 bits per heavy atom. The molecule has 1 aromatic rings. The molecule has 0 saturated heterocycles. The van der Waals surface area contributed by atoms with Crippen LogP contribution in [0, 0.1) is 0 Å². The van der Waals surface area contributed by atoms with Crippen molar-refractivity contribution in [3.63, 3.8) is 0 Å². The number of primary amides is 1. The summed E-state index contributed by atoms with van der Waals surface area (Å²) in [6.45, 7) is 2.48. The van der Waals surface area contributed by atoms with Crippen LogP contribution in [-0.4, -0.2) is 36.5 Å². The van der Waals surface area contributed by atoms with Crippen molar-refractivity contribution in [3.05, 3.63) is 23.8 Å². The third kappa shape index (κ3) is 6.45. The summed E-state index contributed by atoms with van der Waals surface area (Å²) in [7, 11) is 1.56. The molecule has 1 saturated carbocycles. The Bertz CT molecular complexity index is 627. The number of nitrogens with two attached hydrogens (primary N) is 1. The number of carbonyl (C=O) groups is 2. The van der Waals surface area contributed by atoms with Crippen LogP contribution in [0.4, 0.5) is 0 Å². The Hall–Kier alpha value is -2.24. The van der Waals surface area contributed by atoms with Gasteiger partial charge >= 0.3 is 0 Å². The molecule has 2 amide bonds. The second kappa shape index (κ2) is 10.8. The lowest BCUT2D eigenvalue weighted by Crippen LogP contribution is -2.40. The predicted octanol–water partition coefficient (Wildman–Crippen LogP) is 3.41. The predicted molar refractivity (Wildman–Crippen MR) is 105 cm³/mol. The highest BCUT2D eigenvalue weighted by Gasteiger charge is 2.25. The van der Waals surface area contributed by atoms with E-state index in [1.165, 1.54) is 19.3 Å². The van der Waals surface area contributed by atoms with Gasteiger partial charge in [-0.05, 0) is 37.0 Å². The van der Waals surface area contributed by atoms with E-state index in [2.05, 4.69) is 6.92 Å². The van der Waals surface area contributed by atoms with Crippen LogP contribution in [0.3, 0.4) is 0 Å². The van der Waals surface area contributed by atoms with Crippen LogP contribution in [0.2, 0.25) is 0 Å². The largest absolute Gasteiger partial charge is 0.493 e. The first-order chi connectivity index (χ1) is 13.0. The fourth-order valence-electron chi connectivity index (χ4n) is 3.56. The molecule has 0 aliphatic heterocycles. The Kier molecular flexibility index (Phi) is 8.43. The average Bonchev–Trinajstić information content (AvgIpc) is 2.69. The second-order valence-corrected chi connectivity index (χ2v) is 7.16. The highest BCUT2D eigenvalue weighted by molar-refractivity contribution is 5.76. The van der Waals surface area contributed by atoms with Crippen LogP contribution in [0.1, 0.15) is 63.9 Å². The number of amides is 2. The molecular weight excluding hydrogens is 344 g/mol. The molecule has 6 heteroatoms. The molecule has 1 aliphatic rings. The average molecular weight is 376 g/mol. The number of ether oxygens (including phenoxy) is 2. The molecule has 27 heavy (non-hydrogen) atoms. The number of benzene rings is 1. The van der Waals surface area contributed by atoms with Crippen molar-refractivity contribution >= 4 is 11.8 Å². The van der Waals surface area contributed by atoms with E-state index in [-0.39, 0.29) is 12.5 Å². The Labute approximate surface area is 162 Å². The fraction of sp³-hybridized carbons (Fsp3) is 0.619. The van der Waals surface area contributed by atoms with Gasteiger partial charge in [-0.2, -0.15) is 0 Å². The van der Waals surface area contributed by atoms with Gasteiger partial charge in [0.25, 0.3) is 5.91 Å². The SMILES string of the molecule is CCCCC(=O)N(Cc1ccc(OCC(N)=O)c(OC)c1)C1CCCCC1. The van der Waals surface area contributed by atoms with Gasteiger partial charge in [0, 0.05) is 19.0 Å². The number of methoxy groups -OCH3 is 1. The van der Waals surface area contributed by atoms with Gasteiger partial charge in [-0.1, -0.05) is 38.7 Å². The molecule has 0 atom stereocenters. The molecule has 6 nitrogen and oxygen atoms in total. The minimum absolute atomic E-state index is 0.195. The van der Waals surface area contributed by atoms with Crippen molar-refractivity contribution < 1.29 is 19.1 Å². The van der Waals surface area contributed by atoms with Crippen LogP contribution in [-0.2, 0) is 16.1 Å². The van der Waals surface area contributed by atoms with Crippen LogP contribution in [0.5, 0.6) is 11.5 Å². The van der Waals surface area contributed by atoms with E-state index in [0.29, 0.717) is 30.5 Å². The van der Waals surface area contributed by atoms with Gasteiger partial charge in [0.05, 0.1) is 7.11 Å². The zero-order valence-corrected chi connectivity index (χ0v) is 16.5. The first kappa shape index (κ1) is 21.1. The van der Waals surface area contributed by atoms with E-state index in [1.807, 2.05) is 17.0 Å². The lowest BCUT2D eigenvalue weighted by Gasteiger charge is -2.35. The number of hydrogen-bond acceptors (Lipinski definition) is 4. The molecule has 2 N–H and O–H groups in total.